The molecule has 0 spiro atoms. The minimum atomic E-state index is -0.507. The second-order valence-electron chi connectivity index (χ2n) is 5.73. The first-order valence-corrected chi connectivity index (χ1v) is 7.54. The summed E-state index contributed by atoms with van der Waals surface area (Å²) in [5.41, 5.74) is 6.33. The molecule has 0 unspecified atom stereocenters. The third-order valence-corrected chi connectivity index (χ3v) is 4.20. The summed E-state index contributed by atoms with van der Waals surface area (Å²) in [6.07, 6.45) is 0. The zero-order valence-electron chi connectivity index (χ0n) is 13.2. The molecule has 2 atom stereocenters. The van der Waals surface area contributed by atoms with E-state index in [1.54, 1.807) is 19.2 Å². The van der Waals surface area contributed by atoms with Gasteiger partial charge in [0, 0.05) is 39.3 Å². The van der Waals surface area contributed by atoms with Crippen LogP contribution in [0.15, 0.2) is 24.3 Å². The van der Waals surface area contributed by atoms with E-state index in [2.05, 4.69) is 16.7 Å². The lowest BCUT2D eigenvalue weighted by Crippen LogP contribution is -2.55. The van der Waals surface area contributed by atoms with Crippen LogP contribution in [-0.4, -0.2) is 61.6 Å². The summed E-state index contributed by atoms with van der Waals surface area (Å²) in [4.78, 5) is 16.3. The van der Waals surface area contributed by atoms with Gasteiger partial charge in [-0.25, -0.2) is 4.39 Å². The van der Waals surface area contributed by atoms with Gasteiger partial charge in [0.1, 0.15) is 11.9 Å². The van der Waals surface area contributed by atoms with Gasteiger partial charge in [0.25, 0.3) is 0 Å². The second kappa shape index (κ2) is 7.67. The molecule has 0 aliphatic carbocycles. The molecule has 2 rings (SSSR count). The molecule has 5 nitrogen and oxygen atoms in total. The number of ether oxygens (including phenoxy) is 1. The topological polar surface area (TPSA) is 58.8 Å². The Bertz CT molecular complexity index is 495. The molecule has 1 fully saturated rings. The number of carbonyl (C=O) groups is 1. The summed E-state index contributed by atoms with van der Waals surface area (Å²) in [6.45, 7) is 6.05. The van der Waals surface area contributed by atoms with E-state index in [-0.39, 0.29) is 5.82 Å². The highest BCUT2D eigenvalue weighted by molar-refractivity contribution is 5.81. The van der Waals surface area contributed by atoms with Crippen molar-refractivity contribution in [3.63, 3.8) is 0 Å². The van der Waals surface area contributed by atoms with E-state index in [1.165, 1.54) is 12.1 Å². The lowest BCUT2D eigenvalue weighted by molar-refractivity contribution is -0.124. The first kappa shape index (κ1) is 16.9. The van der Waals surface area contributed by atoms with Gasteiger partial charge in [-0.1, -0.05) is 12.1 Å². The molecule has 22 heavy (non-hydrogen) atoms. The number of nitrogens with two attached hydrogens (primary N) is 1. The van der Waals surface area contributed by atoms with Crippen LogP contribution >= 0.6 is 0 Å². The number of carbonyl (C=O) groups excluding carboxylic acids is 1. The van der Waals surface area contributed by atoms with Crippen LogP contribution in [0.4, 0.5) is 4.39 Å². The first-order chi connectivity index (χ1) is 10.5. The lowest BCUT2D eigenvalue weighted by atomic mass is 10.0. The summed E-state index contributed by atoms with van der Waals surface area (Å²) >= 11 is 0. The number of hydrogen-bond acceptors (Lipinski definition) is 4. The highest BCUT2D eigenvalue weighted by Crippen LogP contribution is 2.24. The Morgan fingerprint density at radius 1 is 1.41 bits per heavy atom. The number of piperazine rings is 1. The molecular formula is C16H24FN3O2. The molecule has 1 aliphatic heterocycles. The fourth-order valence-electron chi connectivity index (χ4n) is 3.00. The average molecular weight is 309 g/mol. The molecule has 1 heterocycles. The van der Waals surface area contributed by atoms with Gasteiger partial charge >= 0.3 is 0 Å². The van der Waals surface area contributed by atoms with Crippen LogP contribution in [0, 0.1) is 5.82 Å². The van der Waals surface area contributed by atoms with Crippen molar-refractivity contribution in [2.75, 3.05) is 39.9 Å². The van der Waals surface area contributed by atoms with E-state index in [0.29, 0.717) is 12.6 Å². The maximum absolute atomic E-state index is 13.1. The smallest absolute Gasteiger partial charge is 0.239 e. The largest absolute Gasteiger partial charge is 0.383 e. The van der Waals surface area contributed by atoms with Crippen LogP contribution in [0.3, 0.4) is 0 Å². The molecule has 0 saturated carbocycles. The Morgan fingerprint density at radius 3 is 2.64 bits per heavy atom. The van der Waals surface area contributed by atoms with Crippen molar-refractivity contribution < 1.29 is 13.9 Å². The van der Waals surface area contributed by atoms with Crippen molar-refractivity contribution >= 4 is 5.91 Å². The summed E-state index contributed by atoms with van der Waals surface area (Å²) in [6, 6.07) is 5.80. The molecule has 0 radical (unpaired) electrons. The monoisotopic (exact) mass is 309 g/mol. The van der Waals surface area contributed by atoms with Crippen molar-refractivity contribution in [3.8, 4) is 0 Å². The number of primary amides is 1. The fourth-order valence-corrected chi connectivity index (χ4v) is 3.00. The number of halogens is 1. The van der Waals surface area contributed by atoms with Gasteiger partial charge < -0.3 is 10.5 Å². The Balaban J connectivity index is 2.08. The van der Waals surface area contributed by atoms with Gasteiger partial charge in [-0.15, -0.1) is 0 Å². The maximum Gasteiger partial charge on any atom is 0.239 e. The third-order valence-electron chi connectivity index (χ3n) is 4.20. The zero-order valence-corrected chi connectivity index (χ0v) is 13.2. The standard InChI is InChI=1S/C16H24FN3O2/c1-12-11-20(8-7-19(12)9-10-22-2)15(16(18)21)13-3-5-14(17)6-4-13/h3-6,12,15H,7-11H2,1-2H3,(H2,18,21)/t12-,15-/m1/s1. The SMILES string of the molecule is COCCN1CCN([C@@H](C(N)=O)c2ccc(F)cc2)C[C@H]1C. The predicted octanol–water partition coefficient (Wildman–Crippen LogP) is 1.00. The molecule has 1 amide bonds. The summed E-state index contributed by atoms with van der Waals surface area (Å²) in [5, 5.41) is 0. The number of amides is 1. The fraction of sp³-hybridized carbons (Fsp3) is 0.562. The van der Waals surface area contributed by atoms with Crippen LogP contribution < -0.4 is 5.73 Å². The third kappa shape index (κ3) is 4.03. The van der Waals surface area contributed by atoms with Crippen LogP contribution in [0.1, 0.15) is 18.5 Å². The maximum atomic E-state index is 13.1. The Morgan fingerprint density at radius 2 is 2.09 bits per heavy atom. The first-order valence-electron chi connectivity index (χ1n) is 7.54. The summed E-state index contributed by atoms with van der Waals surface area (Å²) in [7, 11) is 1.69. The van der Waals surface area contributed by atoms with Gasteiger partial charge in [0.15, 0.2) is 0 Å². The number of rotatable bonds is 6. The summed E-state index contributed by atoms with van der Waals surface area (Å²) < 4.78 is 18.2. The average Bonchev–Trinajstić information content (AvgIpc) is 2.48. The molecule has 2 N–H and O–H groups in total. The Hall–Kier alpha value is -1.50. The van der Waals surface area contributed by atoms with Crippen molar-refractivity contribution in [3.05, 3.63) is 35.6 Å². The van der Waals surface area contributed by atoms with Crippen LogP contribution in [-0.2, 0) is 9.53 Å². The molecule has 1 aromatic rings. The van der Waals surface area contributed by atoms with Crippen molar-refractivity contribution in [2.45, 2.75) is 19.0 Å². The van der Waals surface area contributed by atoms with Gasteiger partial charge in [0.2, 0.25) is 5.91 Å². The van der Waals surface area contributed by atoms with E-state index in [4.69, 9.17) is 10.5 Å². The highest BCUT2D eigenvalue weighted by Gasteiger charge is 2.31. The summed E-state index contributed by atoms with van der Waals surface area (Å²) in [5.74, 6) is -0.714. The number of methoxy groups -OCH3 is 1. The van der Waals surface area contributed by atoms with Crippen LogP contribution in [0.5, 0.6) is 0 Å². The molecule has 6 heteroatoms. The minimum absolute atomic E-state index is 0.311. The lowest BCUT2D eigenvalue weighted by Gasteiger charge is -2.42. The van der Waals surface area contributed by atoms with E-state index in [9.17, 15) is 9.18 Å². The van der Waals surface area contributed by atoms with E-state index >= 15 is 0 Å². The quantitative estimate of drug-likeness (QED) is 0.852. The van der Waals surface area contributed by atoms with Gasteiger partial charge in [-0.05, 0) is 24.6 Å². The molecule has 0 aromatic heterocycles. The second-order valence-corrected chi connectivity index (χ2v) is 5.73. The van der Waals surface area contributed by atoms with Crippen molar-refractivity contribution in [1.29, 1.82) is 0 Å². The molecule has 1 aromatic carbocycles. The van der Waals surface area contributed by atoms with E-state index in [1.807, 2.05) is 0 Å². The van der Waals surface area contributed by atoms with Crippen molar-refractivity contribution in [1.82, 2.24) is 9.80 Å². The Kier molecular flexibility index (Phi) is 5.88. The molecule has 1 aliphatic rings. The van der Waals surface area contributed by atoms with E-state index < -0.39 is 11.9 Å². The highest BCUT2D eigenvalue weighted by atomic mass is 19.1. The van der Waals surface area contributed by atoms with Gasteiger partial charge in [0.05, 0.1) is 6.61 Å². The number of hydrogen-bond donors (Lipinski definition) is 1. The van der Waals surface area contributed by atoms with Gasteiger partial charge in [-0.2, -0.15) is 0 Å². The molecule has 1 saturated heterocycles. The van der Waals surface area contributed by atoms with E-state index in [0.717, 1.165) is 31.7 Å². The molecular weight excluding hydrogens is 285 g/mol. The molecule has 122 valence electrons. The Labute approximate surface area is 130 Å². The van der Waals surface area contributed by atoms with Crippen LogP contribution in [0.25, 0.3) is 0 Å². The number of benzene rings is 1. The minimum Gasteiger partial charge on any atom is -0.383 e. The predicted molar refractivity (Wildman–Crippen MR) is 82.8 cm³/mol. The molecule has 0 bridgehead atoms. The number of nitrogens with zero attached hydrogens (tertiary/aromatic N) is 2. The van der Waals surface area contributed by atoms with Gasteiger partial charge in [-0.3, -0.25) is 14.6 Å². The van der Waals surface area contributed by atoms with Crippen LogP contribution in [0.2, 0.25) is 0 Å². The zero-order chi connectivity index (χ0) is 16.1. The normalized spacial score (nSPS) is 21.7. The van der Waals surface area contributed by atoms with Crippen molar-refractivity contribution in [2.24, 2.45) is 5.73 Å².